The second-order valence-electron chi connectivity index (χ2n) is 5.15. The molecule has 1 amide bonds. The van der Waals surface area contributed by atoms with Gasteiger partial charge in [0.2, 0.25) is 0 Å². The Morgan fingerprint density at radius 1 is 1.33 bits per heavy atom. The van der Waals surface area contributed by atoms with Crippen LogP contribution in [0.15, 0.2) is 18.2 Å². The molecule has 0 radical (unpaired) electrons. The molecule has 5 nitrogen and oxygen atoms in total. The van der Waals surface area contributed by atoms with Gasteiger partial charge in [0.05, 0.1) is 6.61 Å². The summed E-state index contributed by atoms with van der Waals surface area (Å²) in [6.07, 6.45) is 0. The van der Waals surface area contributed by atoms with E-state index in [1.54, 1.807) is 17.0 Å². The molecule has 1 saturated heterocycles. The summed E-state index contributed by atoms with van der Waals surface area (Å²) in [5, 5.41) is 9.58. The van der Waals surface area contributed by atoms with Crippen LogP contribution in [0.5, 0.6) is 5.75 Å². The van der Waals surface area contributed by atoms with Crippen molar-refractivity contribution in [1.29, 1.82) is 0 Å². The normalized spacial score (nSPS) is 16.0. The molecule has 116 valence electrons. The number of aliphatic hydroxyl groups is 1. The van der Waals surface area contributed by atoms with Gasteiger partial charge in [-0.05, 0) is 30.7 Å². The minimum atomic E-state index is -0.00810. The van der Waals surface area contributed by atoms with Gasteiger partial charge in [-0.25, -0.2) is 0 Å². The van der Waals surface area contributed by atoms with Gasteiger partial charge < -0.3 is 14.7 Å². The van der Waals surface area contributed by atoms with Gasteiger partial charge in [-0.15, -0.1) is 0 Å². The fraction of sp³-hybridized carbons (Fsp3) is 0.533. The van der Waals surface area contributed by atoms with Crippen LogP contribution in [0, 0.1) is 6.92 Å². The standard InChI is InChI=1S/C15H21ClN2O3/c1-12-10-13(2-3-14(12)16)21-11-15(20)18-6-4-17(5-7-18)8-9-19/h2-3,10,19H,4-9,11H2,1H3. The van der Waals surface area contributed by atoms with Gasteiger partial charge in [-0.3, -0.25) is 9.69 Å². The third-order valence-corrected chi connectivity index (χ3v) is 4.06. The molecule has 6 heteroatoms. The van der Waals surface area contributed by atoms with Gasteiger partial charge in [0.1, 0.15) is 5.75 Å². The zero-order valence-electron chi connectivity index (χ0n) is 12.2. The molecule has 1 aromatic rings. The number of aryl methyl sites for hydroxylation is 1. The Kier molecular flexibility index (Phi) is 5.85. The molecule has 0 bridgehead atoms. The number of nitrogens with zero attached hydrogens (tertiary/aromatic N) is 2. The first kappa shape index (κ1) is 16.1. The van der Waals surface area contributed by atoms with Crippen LogP contribution in [0.1, 0.15) is 5.56 Å². The third-order valence-electron chi connectivity index (χ3n) is 3.63. The Bertz CT molecular complexity index is 488. The Morgan fingerprint density at radius 3 is 2.67 bits per heavy atom. The van der Waals surface area contributed by atoms with Crippen molar-refractivity contribution in [3.8, 4) is 5.75 Å². The van der Waals surface area contributed by atoms with E-state index in [1.165, 1.54) is 0 Å². The molecule has 2 rings (SSSR count). The van der Waals surface area contributed by atoms with E-state index in [0.29, 0.717) is 30.4 Å². The number of amides is 1. The minimum Gasteiger partial charge on any atom is -0.484 e. The molecule has 0 unspecified atom stereocenters. The number of halogens is 1. The molecule has 1 heterocycles. The molecule has 1 aromatic carbocycles. The van der Waals surface area contributed by atoms with E-state index >= 15 is 0 Å². The number of β-amino-alcohol motifs (C(OH)–C–C–N with tert-alkyl or cyclic N) is 1. The molecule has 1 fully saturated rings. The fourth-order valence-corrected chi connectivity index (χ4v) is 2.42. The highest BCUT2D eigenvalue weighted by molar-refractivity contribution is 6.31. The van der Waals surface area contributed by atoms with Crippen LogP contribution in [0.25, 0.3) is 0 Å². The van der Waals surface area contributed by atoms with Crippen LogP contribution in [0.2, 0.25) is 5.02 Å². The molecule has 21 heavy (non-hydrogen) atoms. The van der Waals surface area contributed by atoms with Crippen molar-refractivity contribution in [3.63, 3.8) is 0 Å². The maximum absolute atomic E-state index is 12.1. The van der Waals surface area contributed by atoms with E-state index in [4.69, 9.17) is 21.4 Å². The average Bonchev–Trinajstić information content (AvgIpc) is 2.49. The van der Waals surface area contributed by atoms with Crippen molar-refractivity contribution in [2.75, 3.05) is 45.9 Å². The summed E-state index contributed by atoms with van der Waals surface area (Å²) >= 11 is 5.95. The minimum absolute atomic E-state index is 0.00810. The SMILES string of the molecule is Cc1cc(OCC(=O)N2CCN(CCO)CC2)ccc1Cl. The highest BCUT2D eigenvalue weighted by Gasteiger charge is 2.20. The number of carbonyl (C=O) groups is 1. The number of hydrogen-bond acceptors (Lipinski definition) is 4. The Hall–Kier alpha value is -1.30. The zero-order valence-corrected chi connectivity index (χ0v) is 13.0. The Labute approximate surface area is 130 Å². The smallest absolute Gasteiger partial charge is 0.260 e. The molecule has 1 N–H and O–H groups in total. The number of ether oxygens (including phenoxy) is 1. The van der Waals surface area contributed by atoms with E-state index in [9.17, 15) is 4.79 Å². The molecular formula is C15H21ClN2O3. The van der Waals surface area contributed by atoms with E-state index in [2.05, 4.69) is 4.90 Å². The summed E-state index contributed by atoms with van der Waals surface area (Å²) in [5.41, 5.74) is 0.930. The number of hydrogen-bond donors (Lipinski definition) is 1. The van der Waals surface area contributed by atoms with Crippen molar-refractivity contribution in [2.45, 2.75) is 6.92 Å². The van der Waals surface area contributed by atoms with Crippen molar-refractivity contribution in [1.82, 2.24) is 9.80 Å². The average molecular weight is 313 g/mol. The number of benzene rings is 1. The first-order chi connectivity index (χ1) is 10.1. The summed E-state index contributed by atoms with van der Waals surface area (Å²) in [5.74, 6) is 0.649. The topological polar surface area (TPSA) is 53.0 Å². The van der Waals surface area contributed by atoms with Gasteiger partial charge in [-0.1, -0.05) is 11.6 Å². The zero-order chi connectivity index (χ0) is 15.2. The molecule has 0 aromatic heterocycles. The molecule has 0 spiro atoms. The second-order valence-corrected chi connectivity index (χ2v) is 5.55. The first-order valence-corrected chi connectivity index (χ1v) is 7.48. The van der Waals surface area contributed by atoms with Crippen LogP contribution in [0.3, 0.4) is 0 Å². The van der Waals surface area contributed by atoms with Crippen LogP contribution in [0.4, 0.5) is 0 Å². The van der Waals surface area contributed by atoms with Crippen molar-refractivity contribution in [3.05, 3.63) is 28.8 Å². The summed E-state index contributed by atoms with van der Waals surface area (Å²) in [4.78, 5) is 16.0. The van der Waals surface area contributed by atoms with E-state index in [1.807, 2.05) is 13.0 Å². The van der Waals surface area contributed by atoms with E-state index < -0.39 is 0 Å². The van der Waals surface area contributed by atoms with Crippen molar-refractivity contribution in [2.24, 2.45) is 0 Å². The largest absolute Gasteiger partial charge is 0.484 e. The van der Waals surface area contributed by atoms with Crippen LogP contribution in [-0.2, 0) is 4.79 Å². The highest BCUT2D eigenvalue weighted by Crippen LogP contribution is 2.21. The second kappa shape index (κ2) is 7.64. The Balaban J connectivity index is 1.78. The highest BCUT2D eigenvalue weighted by atomic mass is 35.5. The number of rotatable bonds is 5. The molecule has 0 atom stereocenters. The molecule has 0 aliphatic carbocycles. The summed E-state index contributed by atoms with van der Waals surface area (Å²) in [7, 11) is 0. The van der Waals surface area contributed by atoms with Gasteiger partial charge in [0.15, 0.2) is 6.61 Å². The van der Waals surface area contributed by atoms with Gasteiger partial charge in [-0.2, -0.15) is 0 Å². The maximum Gasteiger partial charge on any atom is 0.260 e. The molecule has 1 aliphatic rings. The summed E-state index contributed by atoms with van der Waals surface area (Å²) in [6, 6.07) is 5.36. The summed E-state index contributed by atoms with van der Waals surface area (Å²) < 4.78 is 5.53. The fourth-order valence-electron chi connectivity index (χ4n) is 2.31. The van der Waals surface area contributed by atoms with Crippen LogP contribution < -0.4 is 4.74 Å². The quantitative estimate of drug-likeness (QED) is 0.886. The Morgan fingerprint density at radius 2 is 2.05 bits per heavy atom. The van der Waals surface area contributed by atoms with Gasteiger partial charge in [0.25, 0.3) is 5.91 Å². The van der Waals surface area contributed by atoms with Gasteiger partial charge in [0, 0.05) is 37.7 Å². The van der Waals surface area contributed by atoms with E-state index in [-0.39, 0.29) is 19.1 Å². The lowest BCUT2D eigenvalue weighted by atomic mass is 10.2. The number of aliphatic hydroxyl groups excluding tert-OH is 1. The summed E-state index contributed by atoms with van der Waals surface area (Å²) in [6.45, 7) is 5.73. The third kappa shape index (κ3) is 4.59. The van der Waals surface area contributed by atoms with E-state index in [0.717, 1.165) is 18.7 Å². The van der Waals surface area contributed by atoms with Crippen LogP contribution in [-0.4, -0.2) is 66.8 Å². The lowest BCUT2D eigenvalue weighted by Crippen LogP contribution is -2.50. The number of piperazine rings is 1. The number of carbonyl (C=O) groups excluding carboxylic acids is 1. The first-order valence-electron chi connectivity index (χ1n) is 7.10. The molecule has 1 aliphatic heterocycles. The lowest BCUT2D eigenvalue weighted by Gasteiger charge is -2.34. The van der Waals surface area contributed by atoms with Crippen molar-refractivity contribution >= 4 is 17.5 Å². The predicted molar refractivity (Wildman–Crippen MR) is 81.8 cm³/mol. The van der Waals surface area contributed by atoms with Crippen LogP contribution >= 0.6 is 11.6 Å². The maximum atomic E-state index is 12.1. The van der Waals surface area contributed by atoms with Gasteiger partial charge >= 0.3 is 0 Å². The monoisotopic (exact) mass is 312 g/mol. The lowest BCUT2D eigenvalue weighted by molar-refractivity contribution is -0.135. The van der Waals surface area contributed by atoms with Crippen molar-refractivity contribution < 1.29 is 14.6 Å². The molecule has 0 saturated carbocycles. The predicted octanol–water partition coefficient (Wildman–Crippen LogP) is 1.16. The molecular weight excluding hydrogens is 292 g/mol.